The summed E-state index contributed by atoms with van der Waals surface area (Å²) < 4.78 is 7.02. The van der Waals surface area contributed by atoms with Crippen molar-refractivity contribution in [2.75, 3.05) is 0 Å². The van der Waals surface area contributed by atoms with Crippen molar-refractivity contribution in [3.63, 3.8) is 0 Å². The molecule has 0 saturated heterocycles. The molecule has 1 heterocycles. The third-order valence-electron chi connectivity index (χ3n) is 3.36. The molecule has 0 aliphatic heterocycles. The van der Waals surface area contributed by atoms with Gasteiger partial charge in [0.15, 0.2) is 5.02 Å². The molecule has 116 valence electrons. The van der Waals surface area contributed by atoms with Crippen molar-refractivity contribution in [3.05, 3.63) is 93.5 Å². The van der Waals surface area contributed by atoms with E-state index in [1.807, 2.05) is 60.7 Å². The molecule has 0 aliphatic carbocycles. The molecule has 0 aliphatic rings. The Morgan fingerprint density at radius 3 is 2.22 bits per heavy atom. The summed E-state index contributed by atoms with van der Waals surface area (Å²) in [4.78, 5) is 16.5. The fraction of sp³-hybridized carbons (Fsp3) is 0.111. The fourth-order valence-corrected chi connectivity index (χ4v) is 2.38. The maximum Gasteiger partial charge on any atom is 0.276 e. The minimum absolute atomic E-state index is 0.000591. The van der Waals surface area contributed by atoms with E-state index >= 15 is 0 Å². The van der Waals surface area contributed by atoms with Gasteiger partial charge in [0.25, 0.3) is 5.56 Å². The number of halogens is 1. The van der Waals surface area contributed by atoms with Crippen LogP contribution >= 0.6 is 11.6 Å². The summed E-state index contributed by atoms with van der Waals surface area (Å²) in [7, 11) is 0. The summed E-state index contributed by atoms with van der Waals surface area (Å²) in [5, 5.41) is -0.000591. The molecule has 0 N–H and O–H groups in total. The number of hydrogen-bond acceptors (Lipinski definition) is 3. The van der Waals surface area contributed by atoms with Crippen molar-refractivity contribution in [3.8, 4) is 5.88 Å². The quantitative estimate of drug-likeness (QED) is 0.720. The molecule has 3 rings (SSSR count). The van der Waals surface area contributed by atoms with Crippen LogP contribution in [0.2, 0.25) is 5.02 Å². The van der Waals surface area contributed by atoms with Gasteiger partial charge in [0.2, 0.25) is 5.88 Å². The average molecular weight is 327 g/mol. The Bertz CT molecular complexity index is 833. The molecular formula is C18H15ClN2O2. The number of benzene rings is 2. The summed E-state index contributed by atoms with van der Waals surface area (Å²) in [6.07, 6.45) is 1.46. The van der Waals surface area contributed by atoms with Crippen LogP contribution in [0.1, 0.15) is 11.1 Å². The van der Waals surface area contributed by atoms with Gasteiger partial charge in [-0.1, -0.05) is 72.3 Å². The van der Waals surface area contributed by atoms with Crippen LogP contribution in [0.15, 0.2) is 71.8 Å². The number of ether oxygens (including phenoxy) is 1. The molecule has 0 spiro atoms. The fourth-order valence-electron chi connectivity index (χ4n) is 2.17. The molecular weight excluding hydrogens is 312 g/mol. The molecule has 0 amide bonds. The van der Waals surface area contributed by atoms with Gasteiger partial charge in [-0.2, -0.15) is 0 Å². The van der Waals surface area contributed by atoms with Crippen molar-refractivity contribution < 1.29 is 4.74 Å². The molecule has 0 unspecified atom stereocenters. The molecule has 0 bridgehead atoms. The first-order valence-electron chi connectivity index (χ1n) is 7.19. The van der Waals surface area contributed by atoms with Crippen molar-refractivity contribution in [1.82, 2.24) is 9.55 Å². The first kappa shape index (κ1) is 15.3. The lowest BCUT2D eigenvalue weighted by Gasteiger charge is -2.10. The van der Waals surface area contributed by atoms with Gasteiger partial charge in [0.1, 0.15) is 12.9 Å². The van der Waals surface area contributed by atoms with Gasteiger partial charge in [-0.15, -0.1) is 0 Å². The van der Waals surface area contributed by atoms with Crippen LogP contribution in [0, 0.1) is 0 Å². The topological polar surface area (TPSA) is 44.1 Å². The standard InChI is InChI=1S/C18H15ClN2O2/c19-16-17(23-12-15-9-5-2-6-10-15)20-13-21(18(16)22)11-14-7-3-1-4-8-14/h1-10,13H,11-12H2. The lowest BCUT2D eigenvalue weighted by atomic mass is 10.2. The van der Waals surface area contributed by atoms with Gasteiger partial charge < -0.3 is 4.74 Å². The molecule has 5 heteroatoms. The van der Waals surface area contributed by atoms with Crippen LogP contribution in [-0.4, -0.2) is 9.55 Å². The predicted molar refractivity (Wildman–Crippen MR) is 89.8 cm³/mol. The highest BCUT2D eigenvalue weighted by Crippen LogP contribution is 2.18. The van der Waals surface area contributed by atoms with Crippen molar-refractivity contribution in [2.45, 2.75) is 13.2 Å². The van der Waals surface area contributed by atoms with E-state index in [4.69, 9.17) is 16.3 Å². The summed E-state index contributed by atoms with van der Waals surface area (Å²) >= 11 is 6.11. The summed E-state index contributed by atoms with van der Waals surface area (Å²) in [5.74, 6) is 0.157. The van der Waals surface area contributed by atoms with Crippen LogP contribution in [0.25, 0.3) is 0 Å². The van der Waals surface area contributed by atoms with E-state index in [2.05, 4.69) is 4.98 Å². The first-order chi connectivity index (χ1) is 11.2. The van der Waals surface area contributed by atoms with E-state index in [-0.39, 0.29) is 16.5 Å². The molecule has 0 saturated carbocycles. The van der Waals surface area contributed by atoms with E-state index in [1.54, 1.807) is 0 Å². The molecule has 4 nitrogen and oxygen atoms in total. The molecule has 0 fully saturated rings. The molecule has 1 aromatic heterocycles. The molecule has 2 aromatic carbocycles. The van der Waals surface area contributed by atoms with E-state index in [1.165, 1.54) is 10.9 Å². The molecule has 23 heavy (non-hydrogen) atoms. The van der Waals surface area contributed by atoms with E-state index in [0.29, 0.717) is 13.2 Å². The highest BCUT2D eigenvalue weighted by atomic mass is 35.5. The first-order valence-corrected chi connectivity index (χ1v) is 7.57. The zero-order valence-electron chi connectivity index (χ0n) is 12.4. The number of rotatable bonds is 5. The second kappa shape index (κ2) is 7.11. The van der Waals surface area contributed by atoms with Gasteiger partial charge in [-0.25, -0.2) is 4.98 Å². The minimum atomic E-state index is -0.311. The largest absolute Gasteiger partial charge is 0.472 e. The maximum absolute atomic E-state index is 12.3. The Kier molecular flexibility index (Phi) is 4.74. The highest BCUT2D eigenvalue weighted by molar-refractivity contribution is 6.31. The third-order valence-corrected chi connectivity index (χ3v) is 3.69. The van der Waals surface area contributed by atoms with Crippen molar-refractivity contribution >= 4 is 11.6 Å². The average Bonchev–Trinajstić information content (AvgIpc) is 2.60. The molecule has 0 radical (unpaired) electrons. The SMILES string of the molecule is O=c1c(Cl)c(OCc2ccccc2)ncn1Cc1ccccc1. The van der Waals surface area contributed by atoms with Gasteiger partial charge in [0, 0.05) is 0 Å². The number of hydrogen-bond donors (Lipinski definition) is 0. The Morgan fingerprint density at radius 1 is 0.957 bits per heavy atom. The van der Waals surface area contributed by atoms with E-state index < -0.39 is 0 Å². The summed E-state index contributed by atoms with van der Waals surface area (Å²) in [5.41, 5.74) is 1.68. The Labute approximate surface area is 139 Å². The summed E-state index contributed by atoms with van der Waals surface area (Å²) in [6.45, 7) is 0.737. The maximum atomic E-state index is 12.3. The number of nitrogens with zero attached hydrogens (tertiary/aromatic N) is 2. The van der Waals surface area contributed by atoms with E-state index in [0.717, 1.165) is 11.1 Å². The van der Waals surface area contributed by atoms with Gasteiger partial charge in [-0.3, -0.25) is 9.36 Å². The zero-order chi connectivity index (χ0) is 16.1. The summed E-state index contributed by atoms with van der Waals surface area (Å²) in [6, 6.07) is 19.3. The van der Waals surface area contributed by atoms with Crippen LogP contribution in [0.5, 0.6) is 5.88 Å². The Hall–Kier alpha value is -2.59. The van der Waals surface area contributed by atoms with Gasteiger partial charge in [-0.05, 0) is 11.1 Å². The smallest absolute Gasteiger partial charge is 0.276 e. The van der Waals surface area contributed by atoms with Crippen molar-refractivity contribution in [1.29, 1.82) is 0 Å². The molecule has 0 atom stereocenters. The second-order valence-electron chi connectivity index (χ2n) is 5.06. The monoisotopic (exact) mass is 326 g/mol. The normalized spacial score (nSPS) is 10.5. The highest BCUT2D eigenvalue weighted by Gasteiger charge is 2.11. The Morgan fingerprint density at radius 2 is 1.57 bits per heavy atom. The minimum Gasteiger partial charge on any atom is -0.472 e. The Balaban J connectivity index is 1.76. The van der Waals surface area contributed by atoms with Gasteiger partial charge >= 0.3 is 0 Å². The third kappa shape index (κ3) is 3.79. The van der Waals surface area contributed by atoms with Crippen LogP contribution in [0.3, 0.4) is 0 Å². The van der Waals surface area contributed by atoms with Crippen molar-refractivity contribution in [2.24, 2.45) is 0 Å². The zero-order valence-corrected chi connectivity index (χ0v) is 13.1. The lowest BCUT2D eigenvalue weighted by Crippen LogP contribution is -2.22. The number of aromatic nitrogens is 2. The molecule has 3 aromatic rings. The van der Waals surface area contributed by atoms with Gasteiger partial charge in [0.05, 0.1) is 6.54 Å². The van der Waals surface area contributed by atoms with Crippen LogP contribution in [-0.2, 0) is 13.2 Å². The lowest BCUT2D eigenvalue weighted by molar-refractivity contribution is 0.292. The predicted octanol–water partition coefficient (Wildman–Crippen LogP) is 3.52. The van der Waals surface area contributed by atoms with Crippen LogP contribution < -0.4 is 10.3 Å². The second-order valence-corrected chi connectivity index (χ2v) is 5.43. The van der Waals surface area contributed by atoms with E-state index in [9.17, 15) is 4.79 Å². The van der Waals surface area contributed by atoms with Crippen LogP contribution in [0.4, 0.5) is 0 Å².